The molecule has 1 N–H and O–H groups in total. The van der Waals surface area contributed by atoms with Crippen LogP contribution in [0.3, 0.4) is 0 Å². The number of fused-ring (bicyclic) bond motifs is 2. The summed E-state index contributed by atoms with van der Waals surface area (Å²) in [6.07, 6.45) is 7.91. The summed E-state index contributed by atoms with van der Waals surface area (Å²) in [5, 5.41) is 3.32. The van der Waals surface area contributed by atoms with Gasteiger partial charge in [-0.1, -0.05) is 20.3 Å². The molecule has 130 valence electrons. The summed E-state index contributed by atoms with van der Waals surface area (Å²) in [6, 6.07) is 0.229. The Kier molecular flexibility index (Phi) is 4.82. The first-order valence-electron chi connectivity index (χ1n) is 9.42. The maximum Gasteiger partial charge on any atom is 0.223 e. The van der Waals surface area contributed by atoms with Gasteiger partial charge in [0, 0.05) is 36.3 Å². The van der Waals surface area contributed by atoms with Gasteiger partial charge in [0.05, 0.1) is 6.10 Å². The van der Waals surface area contributed by atoms with Crippen LogP contribution in [0.4, 0.5) is 0 Å². The molecule has 3 aliphatic carbocycles. The Morgan fingerprint density at radius 2 is 1.78 bits per heavy atom. The van der Waals surface area contributed by atoms with Gasteiger partial charge in [0.15, 0.2) is 0 Å². The molecule has 3 aliphatic rings. The zero-order chi connectivity index (χ0) is 16.6. The number of Topliss-reactive ketones (excluding diaryl/α,β-unsaturated/α-hetero) is 1. The molecule has 0 saturated heterocycles. The van der Waals surface area contributed by atoms with Crippen molar-refractivity contribution < 1.29 is 14.3 Å². The molecule has 0 aromatic carbocycles. The Bertz CT molecular complexity index is 455. The number of hydrogen-bond donors (Lipinski definition) is 1. The van der Waals surface area contributed by atoms with E-state index in [1.54, 1.807) is 7.11 Å². The highest BCUT2D eigenvalue weighted by atomic mass is 16.5. The molecular weight excluding hydrogens is 290 g/mol. The molecule has 0 aromatic heterocycles. The van der Waals surface area contributed by atoms with Crippen LogP contribution < -0.4 is 5.32 Å². The van der Waals surface area contributed by atoms with E-state index in [0.29, 0.717) is 5.78 Å². The van der Waals surface area contributed by atoms with Gasteiger partial charge in [-0.25, -0.2) is 0 Å². The number of hydrogen-bond acceptors (Lipinski definition) is 3. The van der Waals surface area contributed by atoms with E-state index in [9.17, 15) is 9.59 Å². The van der Waals surface area contributed by atoms with Gasteiger partial charge in [0.25, 0.3) is 0 Å². The van der Waals surface area contributed by atoms with Crippen molar-refractivity contribution in [2.75, 3.05) is 7.11 Å². The van der Waals surface area contributed by atoms with E-state index in [0.717, 1.165) is 51.4 Å². The number of nitrogens with one attached hydrogen (secondary N) is 1. The van der Waals surface area contributed by atoms with Gasteiger partial charge >= 0.3 is 0 Å². The van der Waals surface area contributed by atoms with Gasteiger partial charge in [-0.05, 0) is 44.9 Å². The average molecular weight is 321 g/mol. The van der Waals surface area contributed by atoms with Crippen molar-refractivity contribution in [1.29, 1.82) is 0 Å². The second-order valence-electron chi connectivity index (χ2n) is 7.86. The Morgan fingerprint density at radius 1 is 1.17 bits per heavy atom. The Hall–Kier alpha value is -0.900. The Labute approximate surface area is 139 Å². The standard InChI is InChI=1S/C19H31NO3/c1-4-19(5-2)15(11-16(19)23-3)20-18(22)14-9-12-7-6-8-13(10-14)17(12)21/h12-16H,4-11H2,1-3H3,(H,20,22)/t12-,13+,14?,15-,16-/m0/s1. The van der Waals surface area contributed by atoms with Crippen LogP contribution in [0.2, 0.25) is 0 Å². The maximum atomic E-state index is 12.8. The van der Waals surface area contributed by atoms with E-state index in [2.05, 4.69) is 19.2 Å². The van der Waals surface area contributed by atoms with E-state index in [-0.39, 0.29) is 41.2 Å². The molecule has 23 heavy (non-hydrogen) atoms. The van der Waals surface area contributed by atoms with Crippen molar-refractivity contribution in [3.05, 3.63) is 0 Å². The minimum Gasteiger partial charge on any atom is -0.381 e. The summed E-state index contributed by atoms with van der Waals surface area (Å²) in [5.41, 5.74) is 0.0881. The van der Waals surface area contributed by atoms with Crippen LogP contribution in [0.1, 0.15) is 65.2 Å². The second-order valence-corrected chi connectivity index (χ2v) is 7.86. The highest BCUT2D eigenvalue weighted by Gasteiger charge is 2.54. The molecule has 0 radical (unpaired) electrons. The molecule has 3 fully saturated rings. The first-order chi connectivity index (χ1) is 11.1. The van der Waals surface area contributed by atoms with Gasteiger partial charge in [-0.15, -0.1) is 0 Å². The first kappa shape index (κ1) is 16.9. The summed E-state index contributed by atoms with van der Waals surface area (Å²) in [5.74, 6) is 0.943. The fourth-order valence-electron chi connectivity index (χ4n) is 5.46. The zero-order valence-corrected chi connectivity index (χ0v) is 14.8. The van der Waals surface area contributed by atoms with E-state index < -0.39 is 0 Å². The van der Waals surface area contributed by atoms with Gasteiger partial charge in [-0.3, -0.25) is 9.59 Å². The smallest absolute Gasteiger partial charge is 0.223 e. The quantitative estimate of drug-likeness (QED) is 0.846. The normalized spacial score (nSPS) is 38.7. The number of carbonyl (C=O) groups excluding carboxylic acids is 2. The molecule has 1 unspecified atom stereocenters. The lowest BCUT2D eigenvalue weighted by Crippen LogP contribution is -2.65. The highest BCUT2D eigenvalue weighted by Crippen LogP contribution is 2.49. The van der Waals surface area contributed by atoms with Crippen LogP contribution in [0.15, 0.2) is 0 Å². The number of rotatable bonds is 5. The van der Waals surface area contributed by atoms with Crippen molar-refractivity contribution >= 4 is 11.7 Å². The van der Waals surface area contributed by atoms with Crippen LogP contribution in [0.5, 0.6) is 0 Å². The van der Waals surface area contributed by atoms with Crippen molar-refractivity contribution in [2.45, 2.75) is 77.4 Å². The number of ketones is 1. The summed E-state index contributed by atoms with van der Waals surface area (Å²) in [6.45, 7) is 4.38. The Balaban J connectivity index is 1.63. The van der Waals surface area contributed by atoms with Gasteiger partial charge in [0.2, 0.25) is 5.91 Å². The van der Waals surface area contributed by atoms with E-state index in [1.807, 2.05) is 0 Å². The summed E-state index contributed by atoms with van der Waals surface area (Å²) in [7, 11) is 1.77. The van der Waals surface area contributed by atoms with Crippen molar-refractivity contribution in [3.8, 4) is 0 Å². The molecule has 5 atom stereocenters. The Morgan fingerprint density at radius 3 is 2.30 bits per heavy atom. The third-order valence-electron chi connectivity index (χ3n) is 7.12. The summed E-state index contributed by atoms with van der Waals surface area (Å²) in [4.78, 5) is 25.0. The molecule has 3 rings (SSSR count). The topological polar surface area (TPSA) is 55.4 Å². The molecule has 1 amide bonds. The lowest BCUT2D eigenvalue weighted by atomic mass is 9.58. The van der Waals surface area contributed by atoms with E-state index >= 15 is 0 Å². The molecule has 2 bridgehead atoms. The van der Waals surface area contributed by atoms with Gasteiger partial charge in [-0.2, -0.15) is 0 Å². The third-order valence-corrected chi connectivity index (χ3v) is 7.12. The molecule has 4 nitrogen and oxygen atoms in total. The lowest BCUT2D eigenvalue weighted by molar-refractivity contribution is -0.147. The predicted molar refractivity (Wildman–Crippen MR) is 88.9 cm³/mol. The SMILES string of the molecule is CCC1(CC)[C@@H](NC(=O)C2C[C@H]3CCC[C@@H](C2)C3=O)C[C@@H]1OC. The molecule has 0 heterocycles. The van der Waals surface area contributed by atoms with Crippen LogP contribution in [0.25, 0.3) is 0 Å². The van der Waals surface area contributed by atoms with Gasteiger partial charge in [0.1, 0.15) is 5.78 Å². The van der Waals surface area contributed by atoms with Crippen LogP contribution >= 0.6 is 0 Å². The van der Waals surface area contributed by atoms with Crippen LogP contribution in [-0.4, -0.2) is 30.9 Å². The van der Waals surface area contributed by atoms with E-state index in [1.165, 1.54) is 0 Å². The third kappa shape index (κ3) is 2.73. The highest BCUT2D eigenvalue weighted by molar-refractivity contribution is 5.88. The molecule has 0 aromatic rings. The van der Waals surface area contributed by atoms with Crippen LogP contribution in [-0.2, 0) is 14.3 Å². The van der Waals surface area contributed by atoms with Crippen molar-refractivity contribution in [3.63, 3.8) is 0 Å². The summed E-state index contributed by atoms with van der Waals surface area (Å²) < 4.78 is 5.62. The molecule has 4 heteroatoms. The predicted octanol–water partition coefficient (Wildman–Crippen LogP) is 3.09. The minimum atomic E-state index is 0.0380. The van der Waals surface area contributed by atoms with E-state index in [4.69, 9.17) is 4.74 Å². The number of ether oxygens (including phenoxy) is 1. The molecule has 3 saturated carbocycles. The summed E-state index contributed by atoms with van der Waals surface area (Å²) >= 11 is 0. The maximum absolute atomic E-state index is 12.8. The second kappa shape index (κ2) is 6.54. The molecular formula is C19H31NO3. The molecule has 0 spiro atoms. The van der Waals surface area contributed by atoms with Crippen molar-refractivity contribution in [1.82, 2.24) is 5.32 Å². The van der Waals surface area contributed by atoms with Crippen molar-refractivity contribution in [2.24, 2.45) is 23.2 Å². The first-order valence-corrected chi connectivity index (χ1v) is 9.42. The fraction of sp³-hybridized carbons (Fsp3) is 0.895. The average Bonchev–Trinajstić information content (AvgIpc) is 2.52. The number of carbonyl (C=O) groups is 2. The minimum absolute atomic E-state index is 0.0380. The monoisotopic (exact) mass is 321 g/mol. The number of amides is 1. The fourth-order valence-corrected chi connectivity index (χ4v) is 5.46. The largest absolute Gasteiger partial charge is 0.381 e. The zero-order valence-electron chi connectivity index (χ0n) is 14.8. The van der Waals surface area contributed by atoms with Crippen LogP contribution in [0, 0.1) is 23.2 Å². The number of methoxy groups -OCH3 is 1. The van der Waals surface area contributed by atoms with Gasteiger partial charge < -0.3 is 10.1 Å². The lowest BCUT2D eigenvalue weighted by Gasteiger charge is -2.55. The molecule has 0 aliphatic heterocycles.